The second kappa shape index (κ2) is 6.78. The van der Waals surface area contributed by atoms with Crippen LogP contribution < -0.4 is 10.4 Å². The van der Waals surface area contributed by atoms with Gasteiger partial charge in [0.15, 0.2) is 4.80 Å². The number of amides is 1. The van der Waals surface area contributed by atoms with Crippen LogP contribution >= 0.6 is 11.3 Å². The van der Waals surface area contributed by atoms with Crippen molar-refractivity contribution in [2.45, 2.75) is 13.8 Å². The Balaban J connectivity index is 1.72. The average molecular weight is 414 g/mol. The van der Waals surface area contributed by atoms with Gasteiger partial charge in [-0.2, -0.15) is 4.99 Å². The zero-order valence-corrected chi connectivity index (χ0v) is 17.5. The Bertz CT molecular complexity index is 1620. The van der Waals surface area contributed by atoms with Crippen LogP contribution in [0.5, 0.6) is 0 Å². The van der Waals surface area contributed by atoms with Crippen LogP contribution in [0.2, 0.25) is 0 Å². The molecule has 2 aromatic heterocycles. The molecule has 0 atom stereocenters. The first-order valence-electron chi connectivity index (χ1n) is 9.54. The first-order chi connectivity index (χ1) is 14.4. The van der Waals surface area contributed by atoms with Crippen molar-refractivity contribution in [3.05, 3.63) is 86.5 Å². The van der Waals surface area contributed by atoms with E-state index >= 15 is 0 Å². The molecule has 0 spiro atoms. The Morgan fingerprint density at radius 3 is 2.67 bits per heavy atom. The zero-order valence-electron chi connectivity index (χ0n) is 16.7. The number of rotatable bonds is 1. The molecule has 0 saturated carbocycles. The van der Waals surface area contributed by atoms with Crippen molar-refractivity contribution in [1.29, 1.82) is 0 Å². The van der Waals surface area contributed by atoms with E-state index in [-0.39, 0.29) is 5.56 Å². The molecule has 3 aromatic carbocycles. The van der Waals surface area contributed by atoms with Crippen molar-refractivity contribution in [1.82, 2.24) is 4.57 Å². The number of fused-ring (bicyclic) bond motifs is 4. The summed E-state index contributed by atoms with van der Waals surface area (Å²) in [5, 5.41) is 2.65. The Kier molecular flexibility index (Phi) is 4.18. The summed E-state index contributed by atoms with van der Waals surface area (Å²) in [5.74, 6) is -0.602. The van der Waals surface area contributed by atoms with Gasteiger partial charge in [0.25, 0.3) is 5.91 Å². The van der Waals surface area contributed by atoms with Gasteiger partial charge in [0, 0.05) is 12.4 Å². The Morgan fingerprint density at radius 2 is 1.83 bits per heavy atom. The number of carbonyl (C=O) groups is 1. The van der Waals surface area contributed by atoms with Gasteiger partial charge in [0.2, 0.25) is 0 Å². The first kappa shape index (κ1) is 18.5. The number of thiazole rings is 1. The Morgan fingerprint density at radius 1 is 1.03 bits per heavy atom. The van der Waals surface area contributed by atoms with Gasteiger partial charge in [-0.1, -0.05) is 47.7 Å². The highest BCUT2D eigenvalue weighted by atomic mass is 32.1. The van der Waals surface area contributed by atoms with Gasteiger partial charge in [0.05, 0.1) is 10.2 Å². The minimum absolute atomic E-state index is 0.0655. The molecule has 0 aliphatic rings. The Labute approximate surface area is 175 Å². The summed E-state index contributed by atoms with van der Waals surface area (Å²) in [6.45, 7) is 4.08. The molecular weight excluding hydrogens is 396 g/mol. The monoisotopic (exact) mass is 414 g/mol. The minimum atomic E-state index is -0.678. The van der Waals surface area contributed by atoms with Gasteiger partial charge in [0.1, 0.15) is 11.1 Å². The summed E-state index contributed by atoms with van der Waals surface area (Å²) in [7, 11) is 1.88. The molecule has 0 fully saturated rings. The normalized spacial score (nSPS) is 12.3. The summed E-state index contributed by atoms with van der Waals surface area (Å²) in [4.78, 5) is 30.3. The van der Waals surface area contributed by atoms with E-state index in [0.29, 0.717) is 10.4 Å². The lowest BCUT2D eigenvalue weighted by Crippen LogP contribution is -2.17. The fourth-order valence-corrected chi connectivity index (χ4v) is 4.91. The van der Waals surface area contributed by atoms with Crippen LogP contribution in [-0.2, 0) is 7.05 Å². The number of aromatic nitrogens is 1. The summed E-state index contributed by atoms with van der Waals surface area (Å²) in [6.07, 6.45) is 0. The molecule has 5 aromatic rings. The second-order valence-electron chi connectivity index (χ2n) is 7.44. The maximum absolute atomic E-state index is 13.0. The van der Waals surface area contributed by atoms with Crippen LogP contribution in [0.25, 0.3) is 32.0 Å². The van der Waals surface area contributed by atoms with Crippen LogP contribution in [0.15, 0.2) is 68.8 Å². The van der Waals surface area contributed by atoms with Crippen LogP contribution in [0, 0.1) is 13.8 Å². The standard InChI is InChI=1S/C24H18N2O3S/c1-13-10-14(2)21-19(11-13)26(3)24(30-21)25-22(27)18-12-17-16-7-5-4-6-15(16)8-9-20(17)29-23(18)28/h4-12H,1-3H3. The van der Waals surface area contributed by atoms with Crippen molar-refractivity contribution in [2.75, 3.05) is 0 Å². The first-order valence-corrected chi connectivity index (χ1v) is 10.4. The van der Waals surface area contributed by atoms with E-state index in [9.17, 15) is 9.59 Å². The van der Waals surface area contributed by atoms with Gasteiger partial charge >= 0.3 is 5.63 Å². The fraction of sp³-hybridized carbons (Fsp3) is 0.125. The van der Waals surface area contributed by atoms with E-state index in [1.807, 2.05) is 55.8 Å². The van der Waals surface area contributed by atoms with E-state index in [1.54, 1.807) is 12.1 Å². The molecule has 0 aliphatic carbocycles. The number of nitrogens with zero attached hydrogens (tertiary/aromatic N) is 2. The average Bonchev–Trinajstić information content (AvgIpc) is 3.03. The Hall–Kier alpha value is -3.51. The summed E-state index contributed by atoms with van der Waals surface area (Å²) in [6, 6.07) is 17.2. The highest BCUT2D eigenvalue weighted by Gasteiger charge is 2.16. The molecule has 0 aliphatic heterocycles. The van der Waals surface area contributed by atoms with Crippen molar-refractivity contribution >= 4 is 49.2 Å². The highest BCUT2D eigenvalue weighted by molar-refractivity contribution is 7.16. The second-order valence-corrected chi connectivity index (χ2v) is 8.41. The summed E-state index contributed by atoms with van der Waals surface area (Å²) >= 11 is 1.44. The number of hydrogen-bond acceptors (Lipinski definition) is 4. The zero-order chi connectivity index (χ0) is 21.0. The third-order valence-electron chi connectivity index (χ3n) is 5.31. The predicted octanol–water partition coefficient (Wildman–Crippen LogP) is 4.86. The lowest BCUT2D eigenvalue weighted by Gasteiger charge is -2.03. The van der Waals surface area contributed by atoms with Gasteiger partial charge < -0.3 is 8.98 Å². The van der Waals surface area contributed by atoms with Crippen molar-refractivity contribution in [3.63, 3.8) is 0 Å². The third-order valence-corrected chi connectivity index (χ3v) is 6.59. The maximum atomic E-state index is 13.0. The van der Waals surface area contributed by atoms with Crippen LogP contribution in [0.1, 0.15) is 21.5 Å². The number of carbonyl (C=O) groups excluding carboxylic acids is 1. The number of aryl methyl sites for hydroxylation is 3. The molecule has 1 amide bonds. The van der Waals surface area contributed by atoms with Gasteiger partial charge in [-0.3, -0.25) is 4.79 Å². The molecule has 0 radical (unpaired) electrons. The smallest absolute Gasteiger partial charge is 0.349 e. The molecular formula is C24H18N2O3S. The SMILES string of the molecule is Cc1cc(C)c2sc(=NC(=O)c3cc4c(ccc5ccccc54)oc3=O)n(C)c2c1. The lowest BCUT2D eigenvalue weighted by atomic mass is 10.0. The molecule has 0 N–H and O–H groups in total. The highest BCUT2D eigenvalue weighted by Crippen LogP contribution is 2.25. The predicted molar refractivity (Wildman–Crippen MR) is 120 cm³/mol. The van der Waals surface area contributed by atoms with Crippen molar-refractivity contribution < 1.29 is 9.21 Å². The van der Waals surface area contributed by atoms with Crippen LogP contribution in [0.3, 0.4) is 0 Å². The number of benzene rings is 3. The quantitative estimate of drug-likeness (QED) is 0.291. The third kappa shape index (κ3) is 2.88. The summed E-state index contributed by atoms with van der Waals surface area (Å²) < 4.78 is 8.40. The molecule has 6 heteroatoms. The molecule has 0 saturated heterocycles. The minimum Gasteiger partial charge on any atom is -0.422 e. The molecule has 30 heavy (non-hydrogen) atoms. The van der Waals surface area contributed by atoms with E-state index < -0.39 is 11.5 Å². The molecule has 148 valence electrons. The molecule has 0 unspecified atom stereocenters. The maximum Gasteiger partial charge on any atom is 0.349 e. The topological polar surface area (TPSA) is 64.6 Å². The van der Waals surface area contributed by atoms with E-state index in [1.165, 1.54) is 11.3 Å². The summed E-state index contributed by atoms with van der Waals surface area (Å²) in [5.41, 5.74) is 3.01. The largest absolute Gasteiger partial charge is 0.422 e. The van der Waals surface area contributed by atoms with Crippen molar-refractivity contribution in [2.24, 2.45) is 12.0 Å². The van der Waals surface area contributed by atoms with E-state index in [0.717, 1.165) is 37.5 Å². The number of hydrogen-bond donors (Lipinski definition) is 0. The van der Waals surface area contributed by atoms with E-state index in [2.05, 4.69) is 17.1 Å². The molecule has 5 nitrogen and oxygen atoms in total. The van der Waals surface area contributed by atoms with Crippen LogP contribution in [0.4, 0.5) is 0 Å². The van der Waals surface area contributed by atoms with Gasteiger partial charge in [-0.15, -0.1) is 0 Å². The fourth-order valence-electron chi connectivity index (χ4n) is 3.84. The molecule has 0 bridgehead atoms. The molecule has 5 rings (SSSR count). The van der Waals surface area contributed by atoms with Gasteiger partial charge in [-0.05, 0) is 53.9 Å². The van der Waals surface area contributed by atoms with Crippen molar-refractivity contribution in [3.8, 4) is 0 Å². The van der Waals surface area contributed by atoms with Gasteiger partial charge in [-0.25, -0.2) is 4.79 Å². The molecule has 2 heterocycles. The van der Waals surface area contributed by atoms with E-state index in [4.69, 9.17) is 4.42 Å². The van der Waals surface area contributed by atoms with Crippen LogP contribution in [-0.4, -0.2) is 10.5 Å². The lowest BCUT2D eigenvalue weighted by molar-refractivity contribution is 0.0994.